The Kier molecular flexibility index (Phi) is 5.39. The van der Waals surface area contributed by atoms with Gasteiger partial charge in [-0.05, 0) is 30.5 Å². The minimum Gasteiger partial charge on any atom is -0.370 e. The van der Waals surface area contributed by atoms with E-state index in [1.807, 2.05) is 11.8 Å². The van der Waals surface area contributed by atoms with Gasteiger partial charge in [0.1, 0.15) is 0 Å². The number of nitrogens with zero attached hydrogens (tertiary/aromatic N) is 1. The van der Waals surface area contributed by atoms with Gasteiger partial charge in [-0.25, -0.2) is 0 Å². The summed E-state index contributed by atoms with van der Waals surface area (Å²) < 4.78 is 1.20. The summed E-state index contributed by atoms with van der Waals surface area (Å²) in [4.78, 5) is 2.46. The fourth-order valence-electron chi connectivity index (χ4n) is 2.15. The van der Waals surface area contributed by atoms with Crippen molar-refractivity contribution in [1.29, 1.82) is 0 Å². The summed E-state index contributed by atoms with van der Waals surface area (Å²) in [6.07, 6.45) is 1.98. The van der Waals surface area contributed by atoms with Crippen molar-refractivity contribution in [1.82, 2.24) is 0 Å². The summed E-state index contributed by atoms with van der Waals surface area (Å²) in [5.41, 5.74) is 8.67. The maximum atomic E-state index is 6.02. The maximum Gasteiger partial charge on any atom is 0.0378 e. The summed E-state index contributed by atoms with van der Waals surface area (Å²) >= 11 is 5.73. The molecule has 0 spiro atoms. The van der Waals surface area contributed by atoms with Crippen molar-refractivity contribution in [2.24, 2.45) is 5.73 Å². The van der Waals surface area contributed by atoms with Crippen LogP contribution in [-0.4, -0.2) is 30.6 Å². The van der Waals surface area contributed by atoms with E-state index in [-0.39, 0.29) is 6.04 Å². The molecule has 0 bridgehead atoms. The van der Waals surface area contributed by atoms with E-state index in [0.717, 1.165) is 25.9 Å². The van der Waals surface area contributed by atoms with Gasteiger partial charge in [-0.1, -0.05) is 28.9 Å². The molecule has 18 heavy (non-hydrogen) atoms. The summed E-state index contributed by atoms with van der Waals surface area (Å²) in [5.74, 6) is 2.47. The van der Waals surface area contributed by atoms with E-state index in [0.29, 0.717) is 0 Å². The number of hydrogen-bond donors (Lipinski definition) is 1. The first kappa shape index (κ1) is 14.2. The van der Waals surface area contributed by atoms with Crippen LogP contribution in [0.15, 0.2) is 22.7 Å². The smallest absolute Gasteiger partial charge is 0.0378 e. The third-order valence-electron chi connectivity index (χ3n) is 3.42. The number of thioether (sulfide) groups is 1. The molecule has 0 saturated carbocycles. The summed E-state index contributed by atoms with van der Waals surface area (Å²) in [6, 6.07) is 6.96. The van der Waals surface area contributed by atoms with Crippen LogP contribution in [0, 0.1) is 0 Å². The second-order valence-electron chi connectivity index (χ2n) is 4.75. The molecule has 1 atom stereocenters. The van der Waals surface area contributed by atoms with Gasteiger partial charge in [0.05, 0.1) is 0 Å². The predicted octanol–water partition coefficient (Wildman–Crippen LogP) is 3.28. The molecule has 1 aromatic rings. The normalized spacial score (nSPS) is 17.8. The van der Waals surface area contributed by atoms with Gasteiger partial charge >= 0.3 is 0 Å². The molecule has 1 heterocycles. The predicted molar refractivity (Wildman–Crippen MR) is 85.7 cm³/mol. The molecule has 1 aliphatic rings. The van der Waals surface area contributed by atoms with Crippen LogP contribution >= 0.6 is 27.7 Å². The van der Waals surface area contributed by atoms with E-state index >= 15 is 0 Å². The van der Waals surface area contributed by atoms with Crippen molar-refractivity contribution < 1.29 is 0 Å². The van der Waals surface area contributed by atoms with Crippen molar-refractivity contribution in [3.63, 3.8) is 0 Å². The average molecular weight is 329 g/mol. The van der Waals surface area contributed by atoms with Gasteiger partial charge in [0, 0.05) is 40.8 Å². The Morgan fingerprint density at radius 2 is 2.11 bits per heavy atom. The van der Waals surface area contributed by atoms with Crippen molar-refractivity contribution >= 4 is 33.4 Å². The van der Waals surface area contributed by atoms with Crippen LogP contribution < -0.4 is 10.6 Å². The molecule has 1 unspecified atom stereocenters. The molecule has 100 valence electrons. The highest BCUT2D eigenvalue weighted by Crippen LogP contribution is 2.27. The van der Waals surface area contributed by atoms with Crippen LogP contribution in [-0.2, 0) is 6.42 Å². The van der Waals surface area contributed by atoms with Gasteiger partial charge in [-0.3, -0.25) is 0 Å². The van der Waals surface area contributed by atoms with E-state index in [9.17, 15) is 0 Å². The summed E-state index contributed by atoms with van der Waals surface area (Å²) in [6.45, 7) is 4.45. The number of nitrogens with two attached hydrogens (primary N) is 1. The Hall–Kier alpha value is -0.190. The molecule has 2 rings (SSSR count). The Balaban J connectivity index is 2.08. The van der Waals surface area contributed by atoms with E-state index in [1.54, 1.807) is 0 Å². The fourth-order valence-corrected chi connectivity index (χ4v) is 3.58. The molecule has 1 fully saturated rings. The molecule has 1 aromatic carbocycles. The average Bonchev–Trinajstić information content (AvgIpc) is 2.42. The van der Waals surface area contributed by atoms with E-state index in [4.69, 9.17) is 5.73 Å². The summed E-state index contributed by atoms with van der Waals surface area (Å²) in [7, 11) is 0. The van der Waals surface area contributed by atoms with Gasteiger partial charge in [-0.2, -0.15) is 11.8 Å². The molecular formula is C14H21BrN2S. The molecule has 0 aromatic heterocycles. The van der Waals surface area contributed by atoms with Crippen LogP contribution in [0.1, 0.15) is 18.9 Å². The number of halogens is 1. The van der Waals surface area contributed by atoms with Gasteiger partial charge < -0.3 is 10.6 Å². The quantitative estimate of drug-likeness (QED) is 0.919. The lowest BCUT2D eigenvalue weighted by atomic mass is 10.0. The maximum absolute atomic E-state index is 6.02. The van der Waals surface area contributed by atoms with Crippen molar-refractivity contribution in [3.05, 3.63) is 28.2 Å². The van der Waals surface area contributed by atoms with Crippen LogP contribution in [0.25, 0.3) is 0 Å². The molecule has 1 saturated heterocycles. The number of rotatable bonds is 4. The van der Waals surface area contributed by atoms with E-state index in [2.05, 4.69) is 46.0 Å². The molecular weight excluding hydrogens is 308 g/mol. The first-order valence-corrected chi connectivity index (χ1v) is 8.52. The molecule has 4 heteroatoms. The molecule has 0 radical (unpaired) electrons. The Labute approximate surface area is 122 Å². The first-order valence-electron chi connectivity index (χ1n) is 6.57. The SMILES string of the molecule is CCC(N)Cc1ccc(N2CCSCC2)cc1Br. The van der Waals surface area contributed by atoms with Crippen molar-refractivity contribution in [2.45, 2.75) is 25.8 Å². The second-order valence-corrected chi connectivity index (χ2v) is 6.83. The second kappa shape index (κ2) is 6.83. The fraction of sp³-hybridized carbons (Fsp3) is 0.571. The Morgan fingerprint density at radius 3 is 2.72 bits per heavy atom. The molecule has 0 aliphatic carbocycles. The zero-order valence-corrected chi connectivity index (χ0v) is 13.3. The minimum atomic E-state index is 0.263. The largest absolute Gasteiger partial charge is 0.370 e. The van der Waals surface area contributed by atoms with Gasteiger partial charge in [-0.15, -0.1) is 0 Å². The summed E-state index contributed by atoms with van der Waals surface area (Å²) in [5, 5.41) is 0. The van der Waals surface area contributed by atoms with E-state index < -0.39 is 0 Å². The monoisotopic (exact) mass is 328 g/mol. The van der Waals surface area contributed by atoms with Crippen LogP contribution in [0.4, 0.5) is 5.69 Å². The van der Waals surface area contributed by atoms with Crippen LogP contribution in [0.5, 0.6) is 0 Å². The number of hydrogen-bond acceptors (Lipinski definition) is 3. The topological polar surface area (TPSA) is 29.3 Å². The molecule has 1 aliphatic heterocycles. The zero-order valence-electron chi connectivity index (χ0n) is 10.9. The Bertz CT molecular complexity index is 391. The van der Waals surface area contributed by atoms with Crippen molar-refractivity contribution in [2.75, 3.05) is 29.5 Å². The lowest BCUT2D eigenvalue weighted by molar-refractivity contribution is 0.645. The lowest BCUT2D eigenvalue weighted by Gasteiger charge is -2.29. The third-order valence-corrected chi connectivity index (χ3v) is 5.10. The number of benzene rings is 1. The zero-order chi connectivity index (χ0) is 13.0. The standard InChI is InChI=1S/C14H21BrN2S/c1-2-12(16)9-11-3-4-13(10-14(11)15)17-5-7-18-8-6-17/h3-4,10,12H,2,5-9,16H2,1H3. The Morgan fingerprint density at radius 1 is 1.39 bits per heavy atom. The first-order chi connectivity index (χ1) is 8.70. The van der Waals surface area contributed by atoms with Gasteiger partial charge in [0.15, 0.2) is 0 Å². The highest BCUT2D eigenvalue weighted by molar-refractivity contribution is 9.10. The lowest BCUT2D eigenvalue weighted by Crippen LogP contribution is -2.32. The van der Waals surface area contributed by atoms with Gasteiger partial charge in [0.25, 0.3) is 0 Å². The van der Waals surface area contributed by atoms with Crippen LogP contribution in [0.2, 0.25) is 0 Å². The highest BCUT2D eigenvalue weighted by Gasteiger charge is 2.13. The van der Waals surface area contributed by atoms with E-state index in [1.165, 1.54) is 27.2 Å². The van der Waals surface area contributed by atoms with Crippen LogP contribution in [0.3, 0.4) is 0 Å². The molecule has 2 nitrogen and oxygen atoms in total. The van der Waals surface area contributed by atoms with Crippen molar-refractivity contribution in [3.8, 4) is 0 Å². The highest BCUT2D eigenvalue weighted by atomic mass is 79.9. The minimum absolute atomic E-state index is 0.263. The molecule has 2 N–H and O–H groups in total. The number of anilines is 1. The van der Waals surface area contributed by atoms with Gasteiger partial charge in [0.2, 0.25) is 0 Å². The molecule has 0 amide bonds. The third kappa shape index (κ3) is 3.65.